The normalized spacial score (nSPS) is 19.3. The molecular weight excluding hydrogens is 236 g/mol. The highest BCUT2D eigenvalue weighted by Crippen LogP contribution is 2.22. The van der Waals surface area contributed by atoms with E-state index in [-0.39, 0.29) is 5.57 Å². The second-order valence-corrected chi connectivity index (χ2v) is 3.96. The molecule has 2 N–H and O–H groups in total. The average Bonchev–Trinajstić information content (AvgIpc) is 2.77. The molecule has 0 aromatic carbocycles. The van der Waals surface area contributed by atoms with Gasteiger partial charge in [0, 0.05) is 25.4 Å². The number of aliphatic imine (C=N–C) groups is 1. The number of carbonyl (C=O) groups is 1. The maximum atomic E-state index is 11.4. The van der Waals surface area contributed by atoms with Gasteiger partial charge in [0.15, 0.2) is 5.79 Å². The largest absolute Gasteiger partial charge is 0.462 e. The summed E-state index contributed by atoms with van der Waals surface area (Å²) in [5, 5.41) is 0. The van der Waals surface area contributed by atoms with Crippen LogP contribution in [0.25, 0.3) is 0 Å². The fourth-order valence-electron chi connectivity index (χ4n) is 1.51. The predicted octanol–water partition coefficient (Wildman–Crippen LogP) is 0.616. The van der Waals surface area contributed by atoms with Gasteiger partial charge in [0.05, 0.1) is 25.4 Å². The first-order valence-corrected chi connectivity index (χ1v) is 5.98. The van der Waals surface area contributed by atoms with E-state index in [1.807, 2.05) is 6.92 Å². The van der Waals surface area contributed by atoms with E-state index in [9.17, 15) is 4.79 Å². The second-order valence-electron chi connectivity index (χ2n) is 3.96. The maximum Gasteiger partial charge on any atom is 0.341 e. The Balaban J connectivity index is 2.36. The van der Waals surface area contributed by atoms with Crippen LogP contribution >= 0.6 is 0 Å². The Bertz CT molecular complexity index is 333. The summed E-state index contributed by atoms with van der Waals surface area (Å²) in [4.78, 5) is 15.5. The highest BCUT2D eigenvalue weighted by atomic mass is 16.7. The Morgan fingerprint density at radius 1 is 1.50 bits per heavy atom. The van der Waals surface area contributed by atoms with Crippen LogP contribution in [0.15, 0.2) is 16.8 Å². The Morgan fingerprint density at radius 2 is 2.17 bits per heavy atom. The Labute approximate surface area is 107 Å². The fourth-order valence-corrected chi connectivity index (χ4v) is 1.51. The maximum absolute atomic E-state index is 11.4. The van der Waals surface area contributed by atoms with E-state index in [1.165, 1.54) is 12.4 Å². The number of carbonyl (C=O) groups excluding carboxylic acids is 1. The highest BCUT2D eigenvalue weighted by Gasteiger charge is 2.29. The SMILES string of the molecule is CCOC(=O)C(C=NCCC1(C)OCCO1)=CN. The molecule has 0 saturated carbocycles. The van der Waals surface area contributed by atoms with Gasteiger partial charge in [-0.3, -0.25) is 4.99 Å². The molecule has 0 radical (unpaired) electrons. The number of esters is 1. The highest BCUT2D eigenvalue weighted by molar-refractivity contribution is 6.09. The van der Waals surface area contributed by atoms with Crippen LogP contribution in [0.1, 0.15) is 20.3 Å². The van der Waals surface area contributed by atoms with Gasteiger partial charge in [-0.15, -0.1) is 0 Å². The topological polar surface area (TPSA) is 83.1 Å². The number of ether oxygens (including phenoxy) is 3. The molecule has 1 aliphatic heterocycles. The summed E-state index contributed by atoms with van der Waals surface area (Å²) >= 11 is 0. The van der Waals surface area contributed by atoms with Crippen molar-refractivity contribution in [3.63, 3.8) is 0 Å². The molecule has 6 nitrogen and oxygen atoms in total. The van der Waals surface area contributed by atoms with Crippen molar-refractivity contribution >= 4 is 12.2 Å². The lowest BCUT2D eigenvalue weighted by Gasteiger charge is -2.20. The van der Waals surface area contributed by atoms with Gasteiger partial charge in [0.25, 0.3) is 0 Å². The number of hydrogen-bond acceptors (Lipinski definition) is 6. The molecule has 0 aromatic rings. The van der Waals surface area contributed by atoms with Crippen molar-refractivity contribution in [1.29, 1.82) is 0 Å². The Morgan fingerprint density at radius 3 is 2.72 bits per heavy atom. The molecule has 0 amide bonds. The standard InChI is InChI=1S/C12H20N2O4/c1-3-16-11(15)10(8-13)9-14-5-4-12(2)17-6-7-18-12/h8-9H,3-7,13H2,1-2H3. The number of rotatable bonds is 6. The van der Waals surface area contributed by atoms with Gasteiger partial charge in [0.2, 0.25) is 0 Å². The quantitative estimate of drug-likeness (QED) is 0.428. The molecule has 1 fully saturated rings. The minimum absolute atomic E-state index is 0.246. The van der Waals surface area contributed by atoms with Gasteiger partial charge >= 0.3 is 5.97 Å². The summed E-state index contributed by atoms with van der Waals surface area (Å²) < 4.78 is 15.7. The van der Waals surface area contributed by atoms with Crippen LogP contribution in [0.3, 0.4) is 0 Å². The molecule has 0 bridgehead atoms. The van der Waals surface area contributed by atoms with Crippen LogP contribution < -0.4 is 5.73 Å². The van der Waals surface area contributed by atoms with Crippen LogP contribution in [0, 0.1) is 0 Å². The predicted molar refractivity (Wildman–Crippen MR) is 67.2 cm³/mol. The van der Waals surface area contributed by atoms with Gasteiger partial charge in [-0.2, -0.15) is 0 Å². The van der Waals surface area contributed by atoms with Crippen LogP contribution in [0.2, 0.25) is 0 Å². The molecule has 18 heavy (non-hydrogen) atoms. The van der Waals surface area contributed by atoms with Gasteiger partial charge in [-0.1, -0.05) is 0 Å². The van der Waals surface area contributed by atoms with Gasteiger partial charge < -0.3 is 19.9 Å². The van der Waals surface area contributed by atoms with Crippen molar-refractivity contribution in [2.45, 2.75) is 26.1 Å². The molecule has 1 aliphatic rings. The minimum atomic E-state index is -0.562. The lowest BCUT2D eigenvalue weighted by molar-refractivity contribution is -0.144. The summed E-state index contributed by atoms with van der Waals surface area (Å²) in [6.45, 7) is 5.63. The van der Waals surface area contributed by atoms with Crippen LogP contribution in [-0.2, 0) is 19.0 Å². The number of nitrogens with two attached hydrogens (primary N) is 1. The van der Waals surface area contributed by atoms with Gasteiger partial charge in [-0.25, -0.2) is 4.79 Å². The third-order valence-corrected chi connectivity index (χ3v) is 2.51. The fraction of sp³-hybridized carbons (Fsp3) is 0.667. The summed E-state index contributed by atoms with van der Waals surface area (Å²) in [5.74, 6) is -1.03. The van der Waals surface area contributed by atoms with Crippen molar-refractivity contribution in [3.05, 3.63) is 11.8 Å². The van der Waals surface area contributed by atoms with Crippen LogP contribution in [0.5, 0.6) is 0 Å². The minimum Gasteiger partial charge on any atom is -0.462 e. The van der Waals surface area contributed by atoms with Crippen molar-refractivity contribution in [2.24, 2.45) is 10.7 Å². The molecule has 0 spiro atoms. The van der Waals surface area contributed by atoms with Crippen molar-refractivity contribution in [1.82, 2.24) is 0 Å². The third kappa shape index (κ3) is 4.46. The zero-order chi connectivity index (χ0) is 13.4. The Kier molecular flexibility index (Phi) is 5.80. The second kappa shape index (κ2) is 7.13. The zero-order valence-corrected chi connectivity index (χ0v) is 10.8. The van der Waals surface area contributed by atoms with Crippen molar-refractivity contribution < 1.29 is 19.0 Å². The summed E-state index contributed by atoms with van der Waals surface area (Å²) in [6, 6.07) is 0. The molecule has 102 valence electrons. The zero-order valence-electron chi connectivity index (χ0n) is 10.8. The van der Waals surface area contributed by atoms with E-state index >= 15 is 0 Å². The summed E-state index contributed by atoms with van der Waals surface area (Å²) in [5.41, 5.74) is 5.58. The van der Waals surface area contributed by atoms with Gasteiger partial charge in [-0.05, 0) is 13.8 Å². The molecular formula is C12H20N2O4. The first kappa shape index (κ1) is 14.7. The monoisotopic (exact) mass is 256 g/mol. The molecule has 1 heterocycles. The molecule has 0 unspecified atom stereocenters. The van der Waals surface area contributed by atoms with Crippen LogP contribution in [0.4, 0.5) is 0 Å². The lowest BCUT2D eigenvalue weighted by Crippen LogP contribution is -2.26. The molecule has 1 saturated heterocycles. The summed E-state index contributed by atoms with van der Waals surface area (Å²) in [6.07, 6.45) is 3.23. The van der Waals surface area contributed by atoms with E-state index in [1.54, 1.807) is 6.92 Å². The molecule has 6 heteroatoms. The van der Waals surface area contributed by atoms with E-state index in [2.05, 4.69) is 4.99 Å². The molecule has 0 aromatic heterocycles. The van der Waals surface area contributed by atoms with Gasteiger partial charge in [0.1, 0.15) is 0 Å². The summed E-state index contributed by atoms with van der Waals surface area (Å²) in [7, 11) is 0. The van der Waals surface area contributed by atoms with E-state index < -0.39 is 11.8 Å². The number of hydrogen-bond donors (Lipinski definition) is 1. The lowest BCUT2D eigenvalue weighted by atomic mass is 10.2. The van der Waals surface area contributed by atoms with E-state index in [0.717, 1.165) is 0 Å². The molecule has 0 atom stereocenters. The van der Waals surface area contributed by atoms with Crippen molar-refractivity contribution in [3.8, 4) is 0 Å². The van der Waals surface area contributed by atoms with E-state index in [4.69, 9.17) is 19.9 Å². The third-order valence-electron chi connectivity index (χ3n) is 2.51. The van der Waals surface area contributed by atoms with Crippen LogP contribution in [-0.4, -0.2) is 44.3 Å². The average molecular weight is 256 g/mol. The Hall–Kier alpha value is -1.40. The first-order valence-electron chi connectivity index (χ1n) is 5.98. The molecule has 0 aliphatic carbocycles. The van der Waals surface area contributed by atoms with Crippen molar-refractivity contribution in [2.75, 3.05) is 26.4 Å². The first-order chi connectivity index (χ1) is 8.61. The van der Waals surface area contributed by atoms with E-state index in [0.29, 0.717) is 32.8 Å². The smallest absolute Gasteiger partial charge is 0.341 e. The number of nitrogens with zero attached hydrogens (tertiary/aromatic N) is 1. The molecule has 1 rings (SSSR count).